The standard InChI is InChI=1S/C22H40O6Si2/c1-14(23)25-12-15-16(13-26-29(8,9)21(2,3)4)18(20-19(27-20)17(15)24)28-30(10,11)22(5,6)7/h18-20H,12-13H2,1-11H3/t18-,19-,20+/m1/s1. The minimum atomic E-state index is -2.13. The van der Waals surface area contributed by atoms with Gasteiger partial charge in [0.25, 0.3) is 0 Å². The molecule has 0 amide bonds. The fraction of sp³-hybridized carbons (Fsp3) is 0.818. The number of hydrogen-bond donors (Lipinski definition) is 0. The molecule has 0 unspecified atom stereocenters. The van der Waals surface area contributed by atoms with E-state index >= 15 is 0 Å². The van der Waals surface area contributed by atoms with Gasteiger partial charge in [0, 0.05) is 12.5 Å². The number of ketones is 1. The third kappa shape index (κ3) is 5.32. The molecule has 0 radical (unpaired) electrons. The molecule has 0 spiro atoms. The maximum atomic E-state index is 13.0. The summed E-state index contributed by atoms with van der Waals surface area (Å²) in [6.45, 7) is 23.5. The molecule has 2 aliphatic rings. The number of esters is 1. The van der Waals surface area contributed by atoms with Crippen molar-refractivity contribution >= 4 is 28.4 Å². The molecule has 0 saturated carbocycles. The molecule has 0 bridgehead atoms. The summed E-state index contributed by atoms with van der Waals surface area (Å²) in [6.07, 6.45) is -1.11. The number of rotatable bonds is 7. The van der Waals surface area contributed by atoms with E-state index in [1.54, 1.807) is 0 Å². The van der Waals surface area contributed by atoms with Crippen LogP contribution in [0.15, 0.2) is 11.1 Å². The smallest absolute Gasteiger partial charge is 0.302 e. The van der Waals surface area contributed by atoms with Crippen LogP contribution < -0.4 is 0 Å². The zero-order valence-electron chi connectivity index (χ0n) is 20.6. The highest BCUT2D eigenvalue weighted by atomic mass is 28.4. The molecule has 1 saturated heterocycles. The molecule has 0 N–H and O–H groups in total. The Morgan fingerprint density at radius 1 is 0.967 bits per heavy atom. The molecule has 1 fully saturated rings. The molecule has 2 rings (SSSR count). The Morgan fingerprint density at radius 3 is 1.97 bits per heavy atom. The van der Waals surface area contributed by atoms with Crippen molar-refractivity contribution in [3.05, 3.63) is 11.1 Å². The Morgan fingerprint density at radius 2 is 1.50 bits per heavy atom. The van der Waals surface area contributed by atoms with E-state index in [4.69, 9.17) is 18.3 Å². The Bertz CT molecular complexity index is 727. The van der Waals surface area contributed by atoms with Gasteiger partial charge in [0.15, 0.2) is 22.4 Å². The lowest BCUT2D eigenvalue weighted by molar-refractivity contribution is -0.140. The van der Waals surface area contributed by atoms with Gasteiger partial charge in [0.1, 0.15) is 18.8 Å². The molecule has 8 heteroatoms. The maximum absolute atomic E-state index is 13.0. The normalized spacial score (nSPS) is 25.3. The minimum Gasteiger partial charge on any atom is -0.461 e. The number of carbonyl (C=O) groups is 2. The van der Waals surface area contributed by atoms with Crippen LogP contribution in [0.3, 0.4) is 0 Å². The summed E-state index contributed by atoms with van der Waals surface area (Å²) >= 11 is 0. The average molecular weight is 457 g/mol. The van der Waals surface area contributed by atoms with Crippen molar-refractivity contribution in [1.82, 2.24) is 0 Å². The summed E-state index contributed by atoms with van der Waals surface area (Å²) in [5.41, 5.74) is 1.26. The van der Waals surface area contributed by atoms with Crippen LogP contribution in [0.2, 0.25) is 36.3 Å². The Hall–Kier alpha value is -0.806. The summed E-state index contributed by atoms with van der Waals surface area (Å²) in [6, 6.07) is 0. The van der Waals surface area contributed by atoms with Crippen LogP contribution >= 0.6 is 0 Å². The molecule has 0 aromatic rings. The lowest BCUT2D eigenvalue weighted by Gasteiger charge is -2.42. The Kier molecular flexibility index (Phi) is 7.02. The summed E-state index contributed by atoms with van der Waals surface area (Å²) in [5, 5.41) is 0.0526. The zero-order valence-corrected chi connectivity index (χ0v) is 22.6. The van der Waals surface area contributed by atoms with Crippen molar-refractivity contribution in [2.75, 3.05) is 13.2 Å². The quantitative estimate of drug-likeness (QED) is 0.316. The van der Waals surface area contributed by atoms with Gasteiger partial charge >= 0.3 is 5.97 Å². The van der Waals surface area contributed by atoms with Gasteiger partial charge in [-0.1, -0.05) is 41.5 Å². The van der Waals surface area contributed by atoms with Crippen molar-refractivity contribution < 1.29 is 27.9 Å². The number of fused-ring (bicyclic) bond motifs is 1. The van der Waals surface area contributed by atoms with Crippen molar-refractivity contribution in [2.24, 2.45) is 0 Å². The number of carbonyl (C=O) groups excluding carboxylic acids is 2. The lowest BCUT2D eigenvalue weighted by Crippen LogP contribution is -2.49. The van der Waals surface area contributed by atoms with Gasteiger partial charge in [-0.25, -0.2) is 0 Å². The van der Waals surface area contributed by atoms with Gasteiger partial charge in [-0.15, -0.1) is 0 Å². The first-order valence-corrected chi connectivity index (χ1v) is 16.6. The van der Waals surface area contributed by atoms with Gasteiger partial charge < -0.3 is 18.3 Å². The maximum Gasteiger partial charge on any atom is 0.302 e. The summed E-state index contributed by atoms with van der Waals surface area (Å²) in [7, 11) is -4.19. The topological polar surface area (TPSA) is 74.4 Å². The fourth-order valence-corrected chi connectivity index (χ4v) is 5.09. The zero-order chi connectivity index (χ0) is 23.3. The van der Waals surface area contributed by atoms with Crippen LogP contribution in [0.1, 0.15) is 48.5 Å². The van der Waals surface area contributed by atoms with Crippen molar-refractivity contribution in [1.29, 1.82) is 0 Å². The third-order valence-corrected chi connectivity index (χ3v) is 16.1. The Balaban J connectivity index is 2.42. The van der Waals surface area contributed by atoms with Crippen molar-refractivity contribution in [3.8, 4) is 0 Å². The molecular weight excluding hydrogens is 416 g/mol. The highest BCUT2D eigenvalue weighted by molar-refractivity contribution is 6.74. The molecule has 6 nitrogen and oxygen atoms in total. The van der Waals surface area contributed by atoms with E-state index in [9.17, 15) is 9.59 Å². The van der Waals surface area contributed by atoms with E-state index in [0.717, 1.165) is 5.57 Å². The van der Waals surface area contributed by atoms with Crippen LogP contribution in [0.25, 0.3) is 0 Å². The number of hydrogen-bond acceptors (Lipinski definition) is 6. The molecular formula is C22H40O6Si2. The second-order valence-electron chi connectivity index (χ2n) is 11.5. The van der Waals surface area contributed by atoms with Gasteiger partial charge in [-0.05, 0) is 41.8 Å². The van der Waals surface area contributed by atoms with Crippen LogP contribution in [0, 0.1) is 0 Å². The van der Waals surface area contributed by atoms with Crippen LogP contribution in [-0.4, -0.2) is 59.9 Å². The predicted molar refractivity (Wildman–Crippen MR) is 123 cm³/mol. The van der Waals surface area contributed by atoms with Gasteiger partial charge in [-0.3, -0.25) is 9.59 Å². The van der Waals surface area contributed by atoms with Crippen LogP contribution in [-0.2, 0) is 27.9 Å². The molecule has 1 aliphatic heterocycles. The summed E-state index contributed by atoms with van der Waals surface area (Å²) in [5.74, 6) is -0.522. The van der Waals surface area contributed by atoms with Crippen molar-refractivity contribution in [3.63, 3.8) is 0 Å². The van der Waals surface area contributed by atoms with Crippen molar-refractivity contribution in [2.45, 2.75) is 103 Å². The van der Waals surface area contributed by atoms with Crippen LogP contribution in [0.5, 0.6) is 0 Å². The van der Waals surface area contributed by atoms with E-state index in [1.165, 1.54) is 6.92 Å². The first-order chi connectivity index (χ1) is 13.4. The molecule has 1 aliphatic carbocycles. The van der Waals surface area contributed by atoms with E-state index in [1.807, 2.05) is 0 Å². The number of Topliss-reactive ketones (excluding diaryl/α,β-unsaturated/α-hetero) is 1. The van der Waals surface area contributed by atoms with Gasteiger partial charge in [0.05, 0.1) is 12.7 Å². The Labute approximate surface area is 183 Å². The second-order valence-corrected chi connectivity index (χ2v) is 21.1. The van der Waals surface area contributed by atoms with Crippen LogP contribution in [0.4, 0.5) is 0 Å². The van der Waals surface area contributed by atoms with E-state index in [0.29, 0.717) is 12.2 Å². The predicted octanol–water partition coefficient (Wildman–Crippen LogP) is 4.61. The second kappa shape index (κ2) is 8.28. The minimum absolute atomic E-state index is 0.0142. The fourth-order valence-electron chi connectivity index (χ4n) is 2.88. The summed E-state index contributed by atoms with van der Waals surface area (Å²) < 4.78 is 24.2. The lowest BCUT2D eigenvalue weighted by atomic mass is 9.89. The molecule has 0 aromatic heterocycles. The average Bonchev–Trinajstić information content (AvgIpc) is 3.33. The molecule has 172 valence electrons. The third-order valence-electron chi connectivity index (χ3n) is 7.15. The molecule has 3 atom stereocenters. The molecule has 0 aromatic carbocycles. The van der Waals surface area contributed by atoms with Gasteiger partial charge in [0.2, 0.25) is 0 Å². The first kappa shape index (κ1) is 25.5. The largest absolute Gasteiger partial charge is 0.461 e. The van der Waals surface area contributed by atoms with E-state index in [2.05, 4.69) is 67.7 Å². The van der Waals surface area contributed by atoms with E-state index in [-0.39, 0.29) is 34.7 Å². The summed E-state index contributed by atoms with van der Waals surface area (Å²) in [4.78, 5) is 24.4. The first-order valence-electron chi connectivity index (χ1n) is 10.8. The molecule has 30 heavy (non-hydrogen) atoms. The number of epoxide rings is 1. The highest BCUT2D eigenvalue weighted by Crippen LogP contribution is 2.45. The SMILES string of the molecule is CC(=O)OCC1=C(CO[Si](C)(C)C(C)(C)C)[C@@H](O[Si](C)(C)C(C)(C)C)[C@@H]2O[C@@H]2C1=O. The monoisotopic (exact) mass is 456 g/mol. The van der Waals surface area contributed by atoms with E-state index < -0.39 is 28.7 Å². The number of ether oxygens (including phenoxy) is 2. The highest BCUT2D eigenvalue weighted by Gasteiger charge is 2.58. The van der Waals surface area contributed by atoms with Gasteiger partial charge in [-0.2, -0.15) is 0 Å². The molecule has 1 heterocycles.